The number of hydrogen-bond acceptors (Lipinski definition) is 1. The van der Waals surface area contributed by atoms with Gasteiger partial charge in [0.15, 0.2) is 5.11 Å². The van der Waals surface area contributed by atoms with Gasteiger partial charge in [0, 0.05) is 13.1 Å². The van der Waals surface area contributed by atoms with E-state index in [2.05, 4.69) is 24.5 Å². The summed E-state index contributed by atoms with van der Waals surface area (Å²) in [5.74, 6) is 0. The van der Waals surface area contributed by atoms with Crippen molar-refractivity contribution >= 4 is 17.3 Å². The summed E-state index contributed by atoms with van der Waals surface area (Å²) in [5, 5.41) is 7.17. The molecule has 2 N–H and O–H groups in total. The molecule has 3 heteroatoms. The third-order valence-electron chi connectivity index (χ3n) is 4.15. The van der Waals surface area contributed by atoms with Crippen LogP contribution >= 0.6 is 12.2 Å². The first-order chi connectivity index (χ1) is 10.8. The van der Waals surface area contributed by atoms with E-state index in [0.29, 0.717) is 0 Å². The van der Waals surface area contributed by atoms with Crippen molar-refractivity contribution in [1.29, 1.82) is 0 Å². The Morgan fingerprint density at radius 3 is 1.41 bits per heavy atom. The Labute approximate surface area is 145 Å². The molecule has 0 saturated carbocycles. The lowest BCUT2D eigenvalue weighted by Crippen LogP contribution is -2.35. The van der Waals surface area contributed by atoms with Crippen LogP contribution in [0.2, 0.25) is 0 Å². The Balaban J connectivity index is 3.01. The van der Waals surface area contributed by atoms with Crippen LogP contribution in [0.4, 0.5) is 0 Å². The molecule has 0 atom stereocenters. The summed E-state index contributed by atoms with van der Waals surface area (Å²) >= 11 is 5.13. The molecule has 0 saturated heterocycles. The molecule has 0 aromatic carbocycles. The van der Waals surface area contributed by atoms with Crippen molar-refractivity contribution < 1.29 is 0 Å². The first kappa shape index (κ1) is 21.7. The van der Waals surface area contributed by atoms with Crippen LogP contribution in [-0.2, 0) is 0 Å². The lowest BCUT2D eigenvalue weighted by Gasteiger charge is -2.08. The largest absolute Gasteiger partial charge is 0.363 e. The lowest BCUT2D eigenvalue weighted by atomic mass is 10.0. The van der Waals surface area contributed by atoms with Gasteiger partial charge in [-0.2, -0.15) is 0 Å². The molecule has 0 bridgehead atoms. The third kappa shape index (κ3) is 17.7. The van der Waals surface area contributed by atoms with Gasteiger partial charge in [-0.1, -0.05) is 90.4 Å². The Morgan fingerprint density at radius 2 is 1.00 bits per heavy atom. The monoisotopic (exact) mass is 328 g/mol. The predicted molar refractivity (Wildman–Crippen MR) is 105 cm³/mol. The predicted octanol–water partition coefficient (Wildman–Crippen LogP) is 5.95. The molecule has 0 unspecified atom stereocenters. The molecule has 0 fully saturated rings. The van der Waals surface area contributed by atoms with Crippen molar-refractivity contribution in [2.75, 3.05) is 13.1 Å². The minimum atomic E-state index is 0.803. The third-order valence-corrected chi connectivity index (χ3v) is 4.44. The molecule has 0 aliphatic heterocycles. The van der Waals surface area contributed by atoms with E-state index in [-0.39, 0.29) is 0 Å². The van der Waals surface area contributed by atoms with Gasteiger partial charge < -0.3 is 10.6 Å². The number of thiocarbonyl (C=S) groups is 1. The van der Waals surface area contributed by atoms with E-state index < -0.39 is 0 Å². The van der Waals surface area contributed by atoms with Crippen molar-refractivity contribution in [2.45, 2.75) is 104 Å². The van der Waals surface area contributed by atoms with E-state index >= 15 is 0 Å². The molecule has 0 rings (SSSR count). The van der Waals surface area contributed by atoms with Gasteiger partial charge in [-0.3, -0.25) is 0 Å². The van der Waals surface area contributed by atoms with E-state index in [1.54, 1.807) is 0 Å². The summed E-state index contributed by atoms with van der Waals surface area (Å²) < 4.78 is 0. The highest BCUT2D eigenvalue weighted by atomic mass is 32.1. The summed E-state index contributed by atoms with van der Waals surface area (Å²) in [6, 6.07) is 0. The molecular formula is C19H40N2S. The topological polar surface area (TPSA) is 24.1 Å². The number of rotatable bonds is 16. The lowest BCUT2D eigenvalue weighted by molar-refractivity contribution is 0.535. The van der Waals surface area contributed by atoms with Crippen LogP contribution < -0.4 is 10.6 Å². The van der Waals surface area contributed by atoms with Crippen LogP contribution in [0.1, 0.15) is 104 Å². The molecule has 0 amide bonds. The van der Waals surface area contributed by atoms with Gasteiger partial charge in [-0.05, 0) is 25.6 Å². The van der Waals surface area contributed by atoms with Crippen LogP contribution in [0.25, 0.3) is 0 Å². The standard InChI is InChI=1S/C19H40N2S/c1-3-5-6-7-8-9-10-11-12-13-14-15-16-17-18-21-19(22)20-4-2/h3-18H2,1-2H3,(H2,20,21,22). The van der Waals surface area contributed by atoms with Crippen molar-refractivity contribution in [1.82, 2.24) is 10.6 Å². The van der Waals surface area contributed by atoms with Crippen molar-refractivity contribution in [3.8, 4) is 0 Å². The zero-order valence-electron chi connectivity index (χ0n) is 15.2. The Bertz CT molecular complexity index is 231. The molecule has 0 heterocycles. The highest BCUT2D eigenvalue weighted by Gasteiger charge is 1.95. The molecule has 132 valence electrons. The molecule has 22 heavy (non-hydrogen) atoms. The van der Waals surface area contributed by atoms with Crippen molar-refractivity contribution in [3.63, 3.8) is 0 Å². The maximum absolute atomic E-state index is 5.13. The smallest absolute Gasteiger partial charge is 0.166 e. The Hall–Kier alpha value is -0.310. The summed E-state index contributed by atoms with van der Waals surface area (Å²) in [4.78, 5) is 0. The second-order valence-corrected chi connectivity index (χ2v) is 6.79. The fourth-order valence-corrected chi connectivity index (χ4v) is 2.99. The molecule has 0 radical (unpaired) electrons. The van der Waals surface area contributed by atoms with Crippen LogP contribution in [0, 0.1) is 0 Å². The molecular weight excluding hydrogens is 288 g/mol. The fraction of sp³-hybridized carbons (Fsp3) is 0.947. The summed E-state index contributed by atoms with van der Waals surface area (Å²) in [6.45, 7) is 6.28. The van der Waals surface area contributed by atoms with Crippen LogP contribution in [-0.4, -0.2) is 18.2 Å². The van der Waals surface area contributed by atoms with Crippen LogP contribution in [0.3, 0.4) is 0 Å². The number of hydrogen-bond donors (Lipinski definition) is 2. The average molecular weight is 329 g/mol. The van der Waals surface area contributed by atoms with Crippen molar-refractivity contribution in [2.24, 2.45) is 0 Å². The normalized spacial score (nSPS) is 10.6. The molecule has 0 spiro atoms. The Kier molecular flexibility index (Phi) is 18.5. The second kappa shape index (κ2) is 18.7. The molecule has 2 nitrogen and oxygen atoms in total. The minimum absolute atomic E-state index is 0.803. The average Bonchev–Trinajstić information content (AvgIpc) is 2.51. The van der Waals surface area contributed by atoms with E-state index in [1.165, 1.54) is 89.9 Å². The van der Waals surface area contributed by atoms with Gasteiger partial charge >= 0.3 is 0 Å². The van der Waals surface area contributed by atoms with E-state index in [9.17, 15) is 0 Å². The molecule has 0 aliphatic rings. The highest BCUT2D eigenvalue weighted by molar-refractivity contribution is 7.80. The fourth-order valence-electron chi connectivity index (χ4n) is 2.74. The van der Waals surface area contributed by atoms with Gasteiger partial charge in [0.05, 0.1) is 0 Å². The first-order valence-corrected chi connectivity index (χ1v) is 10.2. The highest BCUT2D eigenvalue weighted by Crippen LogP contribution is 2.12. The number of unbranched alkanes of at least 4 members (excludes halogenated alkanes) is 13. The Morgan fingerprint density at radius 1 is 0.591 bits per heavy atom. The SMILES string of the molecule is CCCCCCCCCCCCCCCCNC(=S)NCC. The van der Waals surface area contributed by atoms with Crippen molar-refractivity contribution in [3.05, 3.63) is 0 Å². The molecule has 0 aliphatic carbocycles. The zero-order valence-corrected chi connectivity index (χ0v) is 16.0. The molecule has 0 aromatic heterocycles. The van der Waals surface area contributed by atoms with Gasteiger partial charge in [0.1, 0.15) is 0 Å². The van der Waals surface area contributed by atoms with Gasteiger partial charge in [-0.25, -0.2) is 0 Å². The molecule has 0 aromatic rings. The second-order valence-electron chi connectivity index (χ2n) is 6.38. The van der Waals surface area contributed by atoms with Crippen LogP contribution in [0.15, 0.2) is 0 Å². The summed E-state index contributed by atoms with van der Waals surface area (Å²) in [7, 11) is 0. The quantitative estimate of drug-likeness (QED) is 0.270. The van der Waals surface area contributed by atoms with E-state index in [0.717, 1.165) is 18.2 Å². The van der Waals surface area contributed by atoms with Gasteiger partial charge in [0.25, 0.3) is 0 Å². The maximum Gasteiger partial charge on any atom is 0.166 e. The van der Waals surface area contributed by atoms with Crippen LogP contribution in [0.5, 0.6) is 0 Å². The van der Waals surface area contributed by atoms with E-state index in [4.69, 9.17) is 12.2 Å². The minimum Gasteiger partial charge on any atom is -0.363 e. The van der Waals surface area contributed by atoms with E-state index in [1.807, 2.05) is 0 Å². The van der Waals surface area contributed by atoms with Gasteiger partial charge in [-0.15, -0.1) is 0 Å². The summed E-state index contributed by atoms with van der Waals surface area (Å²) in [5.41, 5.74) is 0. The number of nitrogens with one attached hydrogen (secondary N) is 2. The van der Waals surface area contributed by atoms with Gasteiger partial charge in [0.2, 0.25) is 0 Å². The maximum atomic E-state index is 5.13. The first-order valence-electron chi connectivity index (χ1n) is 9.83. The summed E-state index contributed by atoms with van der Waals surface area (Å²) in [6.07, 6.45) is 19.8. The zero-order chi connectivity index (χ0) is 16.3.